The fraction of sp³-hybridized carbons (Fsp3) is 0.600. The van der Waals surface area contributed by atoms with Gasteiger partial charge in [-0.2, -0.15) is 0 Å². The summed E-state index contributed by atoms with van der Waals surface area (Å²) in [5, 5.41) is 3.12. The van der Waals surface area contributed by atoms with Crippen LogP contribution >= 0.6 is 0 Å². The van der Waals surface area contributed by atoms with Gasteiger partial charge in [-0.25, -0.2) is 4.98 Å². The SMILES string of the molecule is CCc1nc(NCCN(C)C)cc(=O)[nH]1. The van der Waals surface area contributed by atoms with Gasteiger partial charge in [-0.3, -0.25) is 4.79 Å². The topological polar surface area (TPSA) is 61.0 Å². The molecule has 0 unspecified atom stereocenters. The van der Waals surface area contributed by atoms with Gasteiger partial charge in [0.05, 0.1) is 0 Å². The lowest BCUT2D eigenvalue weighted by Crippen LogP contribution is -2.22. The fourth-order valence-corrected chi connectivity index (χ4v) is 1.17. The number of H-pyrrole nitrogens is 1. The predicted molar refractivity (Wildman–Crippen MR) is 61.3 cm³/mol. The Bertz CT molecular complexity index is 359. The van der Waals surface area contributed by atoms with Crippen molar-refractivity contribution in [2.75, 3.05) is 32.5 Å². The highest BCUT2D eigenvalue weighted by atomic mass is 16.1. The first-order valence-electron chi connectivity index (χ1n) is 5.10. The van der Waals surface area contributed by atoms with Crippen LogP contribution in [0.25, 0.3) is 0 Å². The Morgan fingerprint density at radius 2 is 2.27 bits per heavy atom. The molecule has 15 heavy (non-hydrogen) atoms. The number of anilines is 1. The molecule has 5 heteroatoms. The molecule has 0 aliphatic heterocycles. The molecule has 1 aromatic heterocycles. The first kappa shape index (κ1) is 11.7. The largest absolute Gasteiger partial charge is 0.369 e. The first-order chi connectivity index (χ1) is 7.11. The van der Waals surface area contributed by atoms with Crippen LogP contribution in [0.5, 0.6) is 0 Å². The van der Waals surface area contributed by atoms with Crippen molar-refractivity contribution in [3.05, 3.63) is 22.2 Å². The molecule has 0 radical (unpaired) electrons. The summed E-state index contributed by atoms with van der Waals surface area (Å²) in [5.41, 5.74) is -0.103. The van der Waals surface area contributed by atoms with Gasteiger partial charge in [0.2, 0.25) is 0 Å². The predicted octanol–water partition coefficient (Wildman–Crippen LogP) is 0.306. The van der Waals surface area contributed by atoms with Crippen LogP contribution in [-0.2, 0) is 6.42 Å². The average Bonchev–Trinajstić information content (AvgIpc) is 2.16. The van der Waals surface area contributed by atoms with Crippen LogP contribution in [0.3, 0.4) is 0 Å². The number of hydrogen-bond donors (Lipinski definition) is 2. The molecule has 0 aliphatic carbocycles. The Morgan fingerprint density at radius 1 is 1.53 bits per heavy atom. The second-order valence-corrected chi connectivity index (χ2v) is 3.66. The molecule has 0 saturated carbocycles. The van der Waals surface area contributed by atoms with Crippen LogP contribution < -0.4 is 10.9 Å². The molecule has 0 bridgehead atoms. The molecule has 0 saturated heterocycles. The number of hydrogen-bond acceptors (Lipinski definition) is 4. The minimum Gasteiger partial charge on any atom is -0.369 e. The highest BCUT2D eigenvalue weighted by Crippen LogP contribution is 1.98. The van der Waals surface area contributed by atoms with E-state index in [-0.39, 0.29) is 5.56 Å². The van der Waals surface area contributed by atoms with E-state index in [1.807, 2.05) is 21.0 Å². The highest BCUT2D eigenvalue weighted by Gasteiger charge is 1.99. The number of rotatable bonds is 5. The Kier molecular flexibility index (Phi) is 4.30. The second-order valence-electron chi connectivity index (χ2n) is 3.66. The van der Waals surface area contributed by atoms with E-state index in [0.29, 0.717) is 5.82 Å². The van der Waals surface area contributed by atoms with E-state index in [1.54, 1.807) is 0 Å². The molecular formula is C10H18N4O. The third kappa shape index (κ3) is 4.12. The zero-order valence-corrected chi connectivity index (χ0v) is 9.50. The molecule has 2 N–H and O–H groups in total. The van der Waals surface area contributed by atoms with E-state index in [2.05, 4.69) is 20.2 Å². The maximum atomic E-state index is 11.2. The van der Waals surface area contributed by atoms with E-state index in [4.69, 9.17) is 0 Å². The summed E-state index contributed by atoms with van der Waals surface area (Å²) < 4.78 is 0. The number of aromatic amines is 1. The molecule has 0 aliphatic rings. The molecule has 0 spiro atoms. The summed E-state index contributed by atoms with van der Waals surface area (Å²) >= 11 is 0. The van der Waals surface area contributed by atoms with Crippen LogP contribution in [0.15, 0.2) is 10.9 Å². The molecule has 0 aromatic carbocycles. The van der Waals surface area contributed by atoms with Crippen molar-refractivity contribution in [3.63, 3.8) is 0 Å². The average molecular weight is 210 g/mol. The third-order valence-corrected chi connectivity index (χ3v) is 1.99. The van der Waals surface area contributed by atoms with Crippen molar-refractivity contribution in [3.8, 4) is 0 Å². The molecule has 1 aromatic rings. The number of aryl methyl sites for hydroxylation is 1. The fourth-order valence-electron chi connectivity index (χ4n) is 1.17. The molecule has 1 heterocycles. The van der Waals surface area contributed by atoms with Gasteiger partial charge in [0, 0.05) is 25.6 Å². The van der Waals surface area contributed by atoms with Gasteiger partial charge in [-0.1, -0.05) is 6.92 Å². The summed E-state index contributed by atoms with van der Waals surface area (Å²) in [6.45, 7) is 3.66. The zero-order chi connectivity index (χ0) is 11.3. The highest BCUT2D eigenvalue weighted by molar-refractivity contribution is 5.32. The Morgan fingerprint density at radius 3 is 2.87 bits per heavy atom. The van der Waals surface area contributed by atoms with Crippen molar-refractivity contribution in [1.29, 1.82) is 0 Å². The molecule has 0 atom stereocenters. The van der Waals surface area contributed by atoms with Crippen LogP contribution in [0.1, 0.15) is 12.7 Å². The summed E-state index contributed by atoms with van der Waals surface area (Å²) in [5.74, 6) is 1.37. The Balaban J connectivity index is 2.60. The molecule has 84 valence electrons. The minimum atomic E-state index is -0.103. The van der Waals surface area contributed by atoms with E-state index in [0.717, 1.165) is 25.3 Å². The first-order valence-corrected chi connectivity index (χ1v) is 5.10. The van der Waals surface area contributed by atoms with Gasteiger partial charge >= 0.3 is 0 Å². The van der Waals surface area contributed by atoms with Crippen molar-refractivity contribution in [1.82, 2.24) is 14.9 Å². The molecule has 1 rings (SSSR count). The van der Waals surface area contributed by atoms with Crippen LogP contribution in [0.4, 0.5) is 5.82 Å². The van der Waals surface area contributed by atoms with Gasteiger partial charge in [-0.15, -0.1) is 0 Å². The third-order valence-electron chi connectivity index (χ3n) is 1.99. The van der Waals surface area contributed by atoms with Crippen LogP contribution in [0.2, 0.25) is 0 Å². The number of nitrogens with one attached hydrogen (secondary N) is 2. The molecule has 0 fully saturated rings. The number of aromatic nitrogens is 2. The van der Waals surface area contributed by atoms with E-state index < -0.39 is 0 Å². The summed E-state index contributed by atoms with van der Waals surface area (Å²) in [6, 6.07) is 1.48. The Labute approximate surface area is 89.5 Å². The summed E-state index contributed by atoms with van der Waals surface area (Å²) in [4.78, 5) is 20.2. The van der Waals surface area contributed by atoms with Gasteiger partial charge < -0.3 is 15.2 Å². The van der Waals surface area contributed by atoms with Gasteiger partial charge in [-0.05, 0) is 14.1 Å². The van der Waals surface area contributed by atoms with Crippen molar-refractivity contribution >= 4 is 5.82 Å². The van der Waals surface area contributed by atoms with E-state index in [1.165, 1.54) is 6.07 Å². The minimum absolute atomic E-state index is 0.103. The van der Waals surface area contributed by atoms with Gasteiger partial charge in [0.15, 0.2) is 0 Å². The maximum Gasteiger partial charge on any atom is 0.252 e. The normalized spacial score (nSPS) is 10.7. The van der Waals surface area contributed by atoms with E-state index in [9.17, 15) is 4.79 Å². The summed E-state index contributed by atoms with van der Waals surface area (Å²) in [7, 11) is 4.01. The summed E-state index contributed by atoms with van der Waals surface area (Å²) in [6.07, 6.45) is 0.735. The zero-order valence-electron chi connectivity index (χ0n) is 9.50. The van der Waals surface area contributed by atoms with Crippen LogP contribution in [0, 0.1) is 0 Å². The lowest BCUT2D eigenvalue weighted by molar-refractivity contribution is 0.425. The number of nitrogens with zero attached hydrogens (tertiary/aromatic N) is 2. The number of likely N-dealkylation sites (N-methyl/N-ethyl adjacent to an activating group) is 1. The molecular weight excluding hydrogens is 192 g/mol. The van der Waals surface area contributed by atoms with Crippen molar-refractivity contribution < 1.29 is 0 Å². The van der Waals surface area contributed by atoms with Gasteiger partial charge in [0.25, 0.3) is 5.56 Å². The van der Waals surface area contributed by atoms with Gasteiger partial charge in [0.1, 0.15) is 11.6 Å². The lowest BCUT2D eigenvalue weighted by Gasteiger charge is -2.10. The van der Waals surface area contributed by atoms with Crippen molar-refractivity contribution in [2.45, 2.75) is 13.3 Å². The second kappa shape index (κ2) is 5.50. The maximum absolute atomic E-state index is 11.2. The molecule has 0 amide bonds. The van der Waals surface area contributed by atoms with Crippen molar-refractivity contribution in [2.24, 2.45) is 0 Å². The standard InChI is InChI=1S/C10H18N4O/c1-4-8-12-9(7-10(15)13-8)11-5-6-14(2)3/h7H,4-6H2,1-3H3,(H2,11,12,13,15). The van der Waals surface area contributed by atoms with E-state index >= 15 is 0 Å². The monoisotopic (exact) mass is 210 g/mol. The Hall–Kier alpha value is -1.36. The lowest BCUT2D eigenvalue weighted by atomic mass is 10.4. The smallest absolute Gasteiger partial charge is 0.252 e. The molecule has 5 nitrogen and oxygen atoms in total. The van der Waals surface area contributed by atoms with Crippen LogP contribution in [-0.4, -0.2) is 42.1 Å². The quantitative estimate of drug-likeness (QED) is 0.734.